The lowest BCUT2D eigenvalue weighted by molar-refractivity contribution is -0.139. The molecule has 0 unspecified atom stereocenters. The number of sulfonamides is 1. The summed E-state index contributed by atoms with van der Waals surface area (Å²) in [6.45, 7) is 1.21. The zero-order chi connectivity index (χ0) is 31.7. The monoisotopic (exact) mass is 623 g/mol. The van der Waals surface area contributed by atoms with Crippen molar-refractivity contribution in [1.29, 1.82) is 0 Å². The van der Waals surface area contributed by atoms with Gasteiger partial charge in [-0.1, -0.05) is 49.6 Å². The number of rotatable bonds is 13. The topological polar surface area (TPSA) is 114 Å². The number of hydrogen-bond acceptors (Lipinski definition) is 7. The number of hydrogen-bond donors (Lipinski definition) is 1. The maximum absolute atomic E-state index is 14.2. The van der Waals surface area contributed by atoms with Crippen LogP contribution in [-0.4, -0.2) is 65.1 Å². The number of benzene rings is 3. The Morgan fingerprint density at radius 2 is 1.52 bits per heavy atom. The lowest BCUT2D eigenvalue weighted by Gasteiger charge is -2.33. The molecule has 1 atom stereocenters. The number of amides is 2. The summed E-state index contributed by atoms with van der Waals surface area (Å²) in [5.41, 5.74) is 0.976. The van der Waals surface area contributed by atoms with Crippen molar-refractivity contribution in [3.05, 3.63) is 78.4 Å². The Labute approximate surface area is 260 Å². The predicted molar refractivity (Wildman–Crippen MR) is 169 cm³/mol. The van der Waals surface area contributed by atoms with Crippen LogP contribution in [0.15, 0.2) is 77.7 Å². The van der Waals surface area contributed by atoms with Crippen molar-refractivity contribution in [3.8, 4) is 17.2 Å². The summed E-state index contributed by atoms with van der Waals surface area (Å²) in [5.74, 6) is 0.557. The van der Waals surface area contributed by atoms with Crippen molar-refractivity contribution < 1.29 is 32.2 Å². The van der Waals surface area contributed by atoms with Crippen LogP contribution in [0.4, 0.5) is 5.69 Å². The summed E-state index contributed by atoms with van der Waals surface area (Å²) in [6, 6.07) is 18.9. The SMILES string of the molecule is COc1ccc(CN(C(=O)CN(c2ccc(OC)c(OC)c2)S(=O)(=O)c2ccccc2)[C@H](C)C(=O)NC2CCCCC2)cc1. The van der Waals surface area contributed by atoms with Gasteiger partial charge >= 0.3 is 0 Å². The van der Waals surface area contributed by atoms with E-state index in [-0.39, 0.29) is 29.1 Å². The fourth-order valence-corrected chi connectivity index (χ4v) is 6.73. The van der Waals surface area contributed by atoms with Crippen LogP contribution >= 0.6 is 0 Å². The van der Waals surface area contributed by atoms with Crippen LogP contribution in [-0.2, 0) is 26.2 Å². The molecule has 0 heterocycles. The normalized spacial score (nSPS) is 14.3. The largest absolute Gasteiger partial charge is 0.497 e. The van der Waals surface area contributed by atoms with Crippen molar-refractivity contribution in [1.82, 2.24) is 10.2 Å². The van der Waals surface area contributed by atoms with E-state index in [1.807, 2.05) is 12.1 Å². The molecule has 0 radical (unpaired) electrons. The van der Waals surface area contributed by atoms with E-state index in [9.17, 15) is 18.0 Å². The minimum Gasteiger partial charge on any atom is -0.497 e. The fourth-order valence-electron chi connectivity index (χ4n) is 5.31. The van der Waals surface area contributed by atoms with E-state index in [0.717, 1.165) is 42.0 Å². The van der Waals surface area contributed by atoms with Gasteiger partial charge in [-0.25, -0.2) is 8.42 Å². The van der Waals surface area contributed by atoms with Crippen LogP contribution in [0.3, 0.4) is 0 Å². The summed E-state index contributed by atoms with van der Waals surface area (Å²) < 4.78 is 45.1. The zero-order valence-corrected chi connectivity index (χ0v) is 26.5. The van der Waals surface area contributed by atoms with Crippen LogP contribution in [0.1, 0.15) is 44.6 Å². The maximum Gasteiger partial charge on any atom is 0.264 e. The van der Waals surface area contributed by atoms with Crippen LogP contribution in [0.5, 0.6) is 17.2 Å². The standard InChI is InChI=1S/C33H41N3O7S/c1-24(33(38)34-26-11-7-5-8-12-26)35(22-25-15-18-28(41-2)19-16-25)32(37)23-36(44(39,40)29-13-9-6-10-14-29)27-17-20-30(42-3)31(21-27)43-4/h6,9-10,13-21,24,26H,5,7-8,11-12,22-23H2,1-4H3,(H,34,38)/t24-/m1/s1. The highest BCUT2D eigenvalue weighted by Gasteiger charge is 2.33. The third-order valence-corrected chi connectivity index (χ3v) is 9.68. The van der Waals surface area contributed by atoms with Crippen LogP contribution in [0.2, 0.25) is 0 Å². The molecule has 3 aromatic carbocycles. The van der Waals surface area contributed by atoms with Gasteiger partial charge in [-0.3, -0.25) is 13.9 Å². The highest BCUT2D eigenvalue weighted by atomic mass is 32.2. The molecule has 3 aromatic rings. The molecule has 0 bridgehead atoms. The molecule has 236 valence electrons. The number of methoxy groups -OCH3 is 3. The molecule has 0 aliphatic heterocycles. The van der Waals surface area contributed by atoms with Gasteiger partial charge in [0, 0.05) is 18.7 Å². The van der Waals surface area contributed by atoms with E-state index >= 15 is 0 Å². The Bertz CT molecular complexity index is 1510. The summed E-state index contributed by atoms with van der Waals surface area (Å²) in [6.07, 6.45) is 5.03. The smallest absolute Gasteiger partial charge is 0.264 e. The van der Waals surface area contributed by atoms with Gasteiger partial charge in [-0.05, 0) is 61.7 Å². The van der Waals surface area contributed by atoms with E-state index < -0.39 is 28.5 Å². The average molecular weight is 624 g/mol. The highest BCUT2D eigenvalue weighted by Crippen LogP contribution is 2.34. The lowest BCUT2D eigenvalue weighted by atomic mass is 9.95. The fraction of sp³-hybridized carbons (Fsp3) is 0.394. The summed E-state index contributed by atoms with van der Waals surface area (Å²) in [7, 11) is 0.295. The molecule has 0 spiro atoms. The first-order valence-corrected chi connectivity index (χ1v) is 16.1. The maximum atomic E-state index is 14.2. The van der Waals surface area contributed by atoms with Crippen LogP contribution < -0.4 is 23.8 Å². The van der Waals surface area contributed by atoms with Gasteiger partial charge in [0.15, 0.2) is 11.5 Å². The molecule has 2 amide bonds. The van der Waals surface area contributed by atoms with Gasteiger partial charge in [0.05, 0.1) is 31.9 Å². The summed E-state index contributed by atoms with van der Waals surface area (Å²) in [4.78, 5) is 29.1. The molecule has 0 saturated heterocycles. The Morgan fingerprint density at radius 1 is 0.864 bits per heavy atom. The molecular weight excluding hydrogens is 582 g/mol. The predicted octanol–water partition coefficient (Wildman–Crippen LogP) is 4.77. The Kier molecular flexibility index (Phi) is 11.1. The van der Waals surface area contributed by atoms with E-state index in [2.05, 4.69) is 5.32 Å². The van der Waals surface area contributed by atoms with E-state index in [4.69, 9.17) is 14.2 Å². The molecule has 44 heavy (non-hydrogen) atoms. The summed E-state index contributed by atoms with van der Waals surface area (Å²) in [5, 5.41) is 3.11. The first-order valence-electron chi connectivity index (χ1n) is 14.7. The number of nitrogens with one attached hydrogen (secondary N) is 1. The molecule has 4 rings (SSSR count). The van der Waals surface area contributed by atoms with Crippen molar-refractivity contribution in [2.75, 3.05) is 32.2 Å². The van der Waals surface area contributed by atoms with Gasteiger partial charge in [-0.15, -0.1) is 0 Å². The van der Waals surface area contributed by atoms with E-state index in [1.54, 1.807) is 56.5 Å². The third kappa shape index (κ3) is 7.82. The molecule has 1 N–H and O–H groups in total. The lowest BCUT2D eigenvalue weighted by Crippen LogP contribution is -2.53. The van der Waals surface area contributed by atoms with Gasteiger partial charge in [0.1, 0.15) is 18.3 Å². The van der Waals surface area contributed by atoms with Crippen molar-refractivity contribution in [2.24, 2.45) is 0 Å². The van der Waals surface area contributed by atoms with Crippen molar-refractivity contribution in [2.45, 2.75) is 62.6 Å². The van der Waals surface area contributed by atoms with Gasteiger partial charge in [0.2, 0.25) is 11.8 Å². The van der Waals surface area contributed by atoms with Gasteiger partial charge in [0.25, 0.3) is 10.0 Å². The molecule has 1 aliphatic rings. The molecule has 1 fully saturated rings. The Hall–Kier alpha value is -4.25. The number of anilines is 1. The van der Waals surface area contributed by atoms with Gasteiger partial charge in [-0.2, -0.15) is 0 Å². The molecule has 1 saturated carbocycles. The summed E-state index contributed by atoms with van der Waals surface area (Å²) >= 11 is 0. The Morgan fingerprint density at radius 3 is 2.14 bits per heavy atom. The number of nitrogens with zero attached hydrogens (tertiary/aromatic N) is 2. The highest BCUT2D eigenvalue weighted by molar-refractivity contribution is 7.92. The molecule has 0 aromatic heterocycles. The molecular formula is C33H41N3O7S. The first kappa shape index (κ1) is 32.7. The molecule has 10 nitrogen and oxygen atoms in total. The second-order valence-electron chi connectivity index (χ2n) is 10.8. The number of carbonyl (C=O) groups is 2. The third-order valence-electron chi connectivity index (χ3n) is 7.90. The molecule has 11 heteroatoms. The molecule has 1 aliphatic carbocycles. The number of ether oxygens (including phenoxy) is 3. The Balaban J connectivity index is 1.70. The van der Waals surface area contributed by atoms with Crippen LogP contribution in [0, 0.1) is 0 Å². The van der Waals surface area contributed by atoms with Crippen LogP contribution in [0.25, 0.3) is 0 Å². The first-order chi connectivity index (χ1) is 21.2. The second kappa shape index (κ2) is 15.0. The minimum atomic E-state index is -4.21. The van der Waals surface area contributed by atoms with Gasteiger partial charge < -0.3 is 24.4 Å². The minimum absolute atomic E-state index is 0.0207. The second-order valence-corrected chi connectivity index (χ2v) is 12.6. The number of carbonyl (C=O) groups excluding carboxylic acids is 2. The average Bonchev–Trinajstić information content (AvgIpc) is 3.06. The van der Waals surface area contributed by atoms with Crippen molar-refractivity contribution in [3.63, 3.8) is 0 Å². The zero-order valence-electron chi connectivity index (χ0n) is 25.7. The van der Waals surface area contributed by atoms with Crippen molar-refractivity contribution >= 4 is 27.5 Å². The van der Waals surface area contributed by atoms with E-state index in [1.165, 1.54) is 37.3 Å². The quantitative estimate of drug-likeness (QED) is 0.292. The van der Waals surface area contributed by atoms with E-state index in [0.29, 0.717) is 17.2 Å².